The Labute approximate surface area is 136 Å². The highest BCUT2D eigenvalue weighted by Crippen LogP contribution is 2.22. The van der Waals surface area contributed by atoms with Crippen molar-refractivity contribution in [2.24, 2.45) is 0 Å². The highest BCUT2D eigenvalue weighted by molar-refractivity contribution is 6.31. The number of rotatable bonds is 4. The quantitative estimate of drug-likeness (QED) is 0.587. The van der Waals surface area contributed by atoms with Crippen molar-refractivity contribution in [2.45, 2.75) is 6.92 Å². The molecule has 0 aliphatic heterocycles. The Morgan fingerprint density at radius 3 is 2.43 bits per heavy atom. The molecule has 2 aromatic rings. The number of hydrazine groups is 1. The molecule has 0 aliphatic carbocycles. The van der Waals surface area contributed by atoms with Gasteiger partial charge in [-0.25, -0.2) is 0 Å². The summed E-state index contributed by atoms with van der Waals surface area (Å²) in [5.41, 5.74) is 5.19. The van der Waals surface area contributed by atoms with Gasteiger partial charge in [-0.15, -0.1) is 0 Å². The molecule has 0 bridgehead atoms. The summed E-state index contributed by atoms with van der Waals surface area (Å²) in [5.74, 6) is -1.03. The zero-order valence-corrected chi connectivity index (χ0v) is 13.2. The van der Waals surface area contributed by atoms with Crippen LogP contribution in [0.2, 0.25) is 5.02 Å². The molecule has 8 heteroatoms. The zero-order valence-electron chi connectivity index (χ0n) is 12.4. The topological polar surface area (TPSA) is 100 Å². The number of halogens is 1. The summed E-state index contributed by atoms with van der Waals surface area (Å²) in [7, 11) is 1.42. The molecule has 2 amide bonds. The first-order valence-electron chi connectivity index (χ1n) is 6.56. The fourth-order valence-corrected chi connectivity index (χ4v) is 2.01. The smallest absolute Gasteiger partial charge is 0.286 e. The van der Waals surface area contributed by atoms with Gasteiger partial charge in [-0.05, 0) is 31.2 Å². The number of ether oxygens (including phenoxy) is 1. The maximum atomic E-state index is 12.1. The summed E-state index contributed by atoms with van der Waals surface area (Å²) in [6.45, 7) is 1.39. The third-order valence-corrected chi connectivity index (χ3v) is 3.26. The first kappa shape index (κ1) is 16.6. The lowest BCUT2D eigenvalue weighted by atomic mass is 10.2. The predicted molar refractivity (Wildman–Crippen MR) is 83.7 cm³/mol. The Morgan fingerprint density at radius 1 is 1.13 bits per heavy atom. The van der Waals surface area contributed by atoms with Crippen LogP contribution in [0.5, 0.6) is 5.75 Å². The molecule has 1 aromatic heterocycles. The minimum Gasteiger partial charge on any atom is -0.496 e. The number of aromatic amines is 1. The summed E-state index contributed by atoms with van der Waals surface area (Å²) < 4.78 is 5.07. The number of carbonyl (C=O) groups is 3. The number of amides is 2. The molecule has 0 radical (unpaired) electrons. The van der Waals surface area contributed by atoms with Gasteiger partial charge in [0, 0.05) is 16.8 Å². The van der Waals surface area contributed by atoms with Crippen LogP contribution in [-0.4, -0.2) is 29.7 Å². The summed E-state index contributed by atoms with van der Waals surface area (Å²) >= 11 is 5.85. The van der Waals surface area contributed by atoms with Crippen LogP contribution in [0.1, 0.15) is 38.1 Å². The van der Waals surface area contributed by atoms with E-state index in [1.54, 1.807) is 12.1 Å². The van der Waals surface area contributed by atoms with Crippen molar-refractivity contribution < 1.29 is 19.1 Å². The van der Waals surface area contributed by atoms with Crippen molar-refractivity contribution in [3.8, 4) is 5.75 Å². The van der Waals surface area contributed by atoms with Crippen LogP contribution in [0.3, 0.4) is 0 Å². The van der Waals surface area contributed by atoms with E-state index in [1.807, 2.05) is 0 Å². The molecule has 7 nitrogen and oxygen atoms in total. The highest BCUT2D eigenvalue weighted by atomic mass is 35.5. The van der Waals surface area contributed by atoms with E-state index in [1.165, 1.54) is 32.4 Å². The predicted octanol–water partition coefficient (Wildman–Crippen LogP) is 1.95. The third-order valence-electron chi connectivity index (χ3n) is 3.03. The Kier molecular flexibility index (Phi) is 5.02. The van der Waals surface area contributed by atoms with Gasteiger partial charge >= 0.3 is 0 Å². The van der Waals surface area contributed by atoms with Crippen molar-refractivity contribution in [3.63, 3.8) is 0 Å². The Balaban J connectivity index is 2.05. The molecule has 0 spiro atoms. The molecular weight excluding hydrogens is 322 g/mol. The Bertz CT molecular complexity index is 770. The monoisotopic (exact) mass is 335 g/mol. The third kappa shape index (κ3) is 3.89. The standard InChI is InChI=1S/C15H14ClN3O4/c1-8(20)9-5-12(17-7-9)15(22)19-18-14(21)11-6-10(16)3-4-13(11)23-2/h3-7,17H,1-2H3,(H,18,21)(H,19,22). The van der Waals surface area contributed by atoms with Gasteiger partial charge < -0.3 is 9.72 Å². The van der Waals surface area contributed by atoms with Gasteiger partial charge in [0.15, 0.2) is 5.78 Å². The number of ketones is 1. The number of carbonyl (C=O) groups excluding carboxylic acids is 3. The number of Topliss-reactive ketones (excluding diaryl/α,β-unsaturated/α-hetero) is 1. The molecule has 0 saturated heterocycles. The van der Waals surface area contributed by atoms with E-state index < -0.39 is 11.8 Å². The van der Waals surface area contributed by atoms with E-state index in [0.717, 1.165) is 0 Å². The first-order chi connectivity index (χ1) is 10.9. The van der Waals surface area contributed by atoms with E-state index in [9.17, 15) is 14.4 Å². The number of nitrogens with one attached hydrogen (secondary N) is 3. The number of hydrogen-bond acceptors (Lipinski definition) is 4. The Hall–Kier alpha value is -2.80. The fourth-order valence-electron chi connectivity index (χ4n) is 1.83. The van der Waals surface area contributed by atoms with E-state index in [-0.39, 0.29) is 17.0 Å². The molecule has 2 rings (SSSR count). The molecule has 0 atom stereocenters. The van der Waals surface area contributed by atoms with Crippen molar-refractivity contribution >= 4 is 29.2 Å². The molecule has 0 saturated carbocycles. The lowest BCUT2D eigenvalue weighted by Crippen LogP contribution is -2.41. The van der Waals surface area contributed by atoms with Gasteiger partial charge in [-0.1, -0.05) is 11.6 Å². The zero-order chi connectivity index (χ0) is 17.0. The van der Waals surface area contributed by atoms with Crippen molar-refractivity contribution in [2.75, 3.05) is 7.11 Å². The van der Waals surface area contributed by atoms with Crippen LogP contribution in [-0.2, 0) is 0 Å². The minimum absolute atomic E-state index is 0.147. The van der Waals surface area contributed by atoms with Gasteiger partial charge in [0.25, 0.3) is 11.8 Å². The van der Waals surface area contributed by atoms with E-state index in [2.05, 4.69) is 15.8 Å². The molecule has 23 heavy (non-hydrogen) atoms. The van der Waals surface area contributed by atoms with E-state index in [4.69, 9.17) is 16.3 Å². The van der Waals surface area contributed by atoms with Gasteiger partial charge in [0.05, 0.1) is 12.7 Å². The van der Waals surface area contributed by atoms with Crippen LogP contribution in [0.15, 0.2) is 30.5 Å². The maximum absolute atomic E-state index is 12.1. The van der Waals surface area contributed by atoms with Crippen LogP contribution >= 0.6 is 11.6 Å². The van der Waals surface area contributed by atoms with E-state index in [0.29, 0.717) is 16.3 Å². The second kappa shape index (κ2) is 6.97. The highest BCUT2D eigenvalue weighted by Gasteiger charge is 2.15. The largest absolute Gasteiger partial charge is 0.496 e. The summed E-state index contributed by atoms with van der Waals surface area (Å²) in [6, 6.07) is 5.94. The average Bonchev–Trinajstić information content (AvgIpc) is 3.02. The molecule has 3 N–H and O–H groups in total. The summed E-state index contributed by atoms with van der Waals surface area (Å²) in [4.78, 5) is 37.8. The lowest BCUT2D eigenvalue weighted by molar-refractivity contribution is 0.0842. The van der Waals surface area contributed by atoms with Crippen molar-refractivity contribution in [3.05, 3.63) is 52.3 Å². The van der Waals surface area contributed by atoms with E-state index >= 15 is 0 Å². The number of hydrogen-bond donors (Lipinski definition) is 3. The van der Waals surface area contributed by atoms with Crippen LogP contribution in [0.25, 0.3) is 0 Å². The molecule has 1 heterocycles. The lowest BCUT2D eigenvalue weighted by Gasteiger charge is -2.10. The molecular formula is C15H14ClN3O4. The maximum Gasteiger partial charge on any atom is 0.286 e. The second-order valence-corrected chi connectivity index (χ2v) is 5.05. The normalized spacial score (nSPS) is 10.0. The SMILES string of the molecule is COc1ccc(Cl)cc1C(=O)NNC(=O)c1cc(C(C)=O)c[nH]1. The summed E-state index contributed by atoms with van der Waals surface area (Å²) in [5, 5.41) is 0.359. The molecule has 0 fully saturated rings. The van der Waals surface area contributed by atoms with Crippen LogP contribution < -0.4 is 15.6 Å². The number of benzene rings is 1. The first-order valence-corrected chi connectivity index (χ1v) is 6.93. The number of H-pyrrole nitrogens is 1. The molecule has 1 aromatic carbocycles. The number of aromatic nitrogens is 1. The summed E-state index contributed by atoms with van der Waals surface area (Å²) in [6.07, 6.45) is 1.42. The van der Waals surface area contributed by atoms with Crippen LogP contribution in [0, 0.1) is 0 Å². The van der Waals surface area contributed by atoms with Crippen LogP contribution in [0.4, 0.5) is 0 Å². The molecule has 0 aliphatic rings. The molecule has 0 unspecified atom stereocenters. The van der Waals surface area contributed by atoms with Crippen molar-refractivity contribution in [1.29, 1.82) is 0 Å². The number of methoxy groups -OCH3 is 1. The van der Waals surface area contributed by atoms with Crippen molar-refractivity contribution in [1.82, 2.24) is 15.8 Å². The minimum atomic E-state index is -0.591. The molecule has 120 valence electrons. The second-order valence-electron chi connectivity index (χ2n) is 4.61. The average molecular weight is 336 g/mol. The van der Waals surface area contributed by atoms with Gasteiger partial charge in [0.1, 0.15) is 11.4 Å². The van der Waals surface area contributed by atoms with Gasteiger partial charge in [-0.3, -0.25) is 25.2 Å². The Morgan fingerprint density at radius 2 is 1.83 bits per heavy atom. The van der Waals surface area contributed by atoms with Gasteiger partial charge in [-0.2, -0.15) is 0 Å². The van der Waals surface area contributed by atoms with Gasteiger partial charge in [0.2, 0.25) is 0 Å². The fraction of sp³-hybridized carbons (Fsp3) is 0.133.